The minimum Gasteiger partial charge on any atom is -0.494 e. The number of carbonyl (C=O) groups excluding carboxylic acids is 2. The molecule has 0 unspecified atom stereocenters. The summed E-state index contributed by atoms with van der Waals surface area (Å²) < 4.78 is 37.7. The summed E-state index contributed by atoms with van der Waals surface area (Å²) in [5.74, 6) is -1.28. The molecule has 42 heavy (non-hydrogen) atoms. The van der Waals surface area contributed by atoms with Gasteiger partial charge < -0.3 is 8.92 Å². The molecule has 0 aliphatic carbocycles. The Balaban J connectivity index is 1.39. The van der Waals surface area contributed by atoms with Crippen molar-refractivity contribution in [3.63, 3.8) is 0 Å². The highest BCUT2D eigenvalue weighted by Crippen LogP contribution is 2.49. The first kappa shape index (κ1) is 27.5. The minimum atomic E-state index is -4.19. The average Bonchev–Trinajstić information content (AvgIpc) is 3.52. The van der Waals surface area contributed by atoms with Gasteiger partial charge in [-0.2, -0.15) is 8.42 Å². The standard InChI is InChI=1S/C32H28N2O7S/c1-2-21-39-24-19-17-22(18-20-24)33-31(35)28-29(34(40-30(28)32(33)36)23-11-5-3-6-12-23)26-15-9-10-16-27(26)41-42(37,38)25-13-7-4-8-14-25/h3-20,28-30H,2,21H2,1H3/t28-,29+,30+/m1/s1. The van der Waals surface area contributed by atoms with Crippen LogP contribution in [-0.4, -0.2) is 32.9 Å². The predicted octanol–water partition coefficient (Wildman–Crippen LogP) is 5.29. The first-order chi connectivity index (χ1) is 20.4. The number of rotatable bonds is 9. The summed E-state index contributed by atoms with van der Waals surface area (Å²) in [7, 11) is -4.19. The highest BCUT2D eigenvalue weighted by atomic mass is 32.2. The summed E-state index contributed by atoms with van der Waals surface area (Å²) in [5, 5.41) is 1.50. The summed E-state index contributed by atoms with van der Waals surface area (Å²) in [4.78, 5) is 35.1. The van der Waals surface area contributed by atoms with Crippen molar-refractivity contribution >= 4 is 33.3 Å². The van der Waals surface area contributed by atoms with E-state index in [1.54, 1.807) is 72.8 Å². The molecule has 3 atom stereocenters. The number of hydroxylamine groups is 1. The first-order valence-electron chi connectivity index (χ1n) is 13.6. The van der Waals surface area contributed by atoms with Crippen molar-refractivity contribution in [2.24, 2.45) is 5.92 Å². The van der Waals surface area contributed by atoms with Crippen molar-refractivity contribution in [3.8, 4) is 11.5 Å². The van der Waals surface area contributed by atoms with Crippen molar-refractivity contribution in [2.45, 2.75) is 30.4 Å². The van der Waals surface area contributed by atoms with Crippen LogP contribution in [0.4, 0.5) is 11.4 Å². The smallest absolute Gasteiger partial charge is 0.339 e. The van der Waals surface area contributed by atoms with Crippen LogP contribution in [-0.2, 0) is 24.5 Å². The highest BCUT2D eigenvalue weighted by molar-refractivity contribution is 7.87. The molecule has 2 amide bonds. The second kappa shape index (κ2) is 11.3. The molecule has 2 fully saturated rings. The molecule has 2 saturated heterocycles. The lowest BCUT2D eigenvalue weighted by Gasteiger charge is -2.29. The van der Waals surface area contributed by atoms with E-state index in [0.717, 1.165) is 11.3 Å². The average molecular weight is 585 g/mol. The zero-order valence-corrected chi connectivity index (χ0v) is 23.5. The summed E-state index contributed by atoms with van der Waals surface area (Å²) in [6, 6.07) is 29.3. The fourth-order valence-electron chi connectivity index (χ4n) is 5.25. The van der Waals surface area contributed by atoms with Crippen LogP contribution in [0.15, 0.2) is 114 Å². The van der Waals surface area contributed by atoms with Crippen LogP contribution < -0.4 is 18.9 Å². The molecule has 10 heteroatoms. The Labute approximate surface area is 243 Å². The number of imide groups is 1. The van der Waals surface area contributed by atoms with Crippen molar-refractivity contribution in [1.29, 1.82) is 0 Å². The maximum atomic E-state index is 14.0. The fraction of sp³-hybridized carbons (Fsp3) is 0.188. The van der Waals surface area contributed by atoms with E-state index in [1.807, 2.05) is 25.1 Å². The van der Waals surface area contributed by atoms with Gasteiger partial charge in [-0.1, -0.05) is 61.5 Å². The van der Waals surface area contributed by atoms with Crippen LogP contribution in [0.25, 0.3) is 0 Å². The Kier molecular flexibility index (Phi) is 7.40. The molecule has 9 nitrogen and oxygen atoms in total. The summed E-state index contributed by atoms with van der Waals surface area (Å²) in [6.45, 7) is 2.56. The van der Waals surface area contributed by atoms with Gasteiger partial charge in [-0.3, -0.25) is 14.4 Å². The van der Waals surface area contributed by atoms with Crippen LogP contribution in [0.1, 0.15) is 24.9 Å². The topological polar surface area (TPSA) is 102 Å². The zero-order chi connectivity index (χ0) is 29.3. The van der Waals surface area contributed by atoms with Crippen LogP contribution in [0, 0.1) is 5.92 Å². The number of anilines is 2. The molecule has 2 aliphatic heterocycles. The van der Waals surface area contributed by atoms with Crippen LogP contribution in [0.5, 0.6) is 11.5 Å². The lowest BCUT2D eigenvalue weighted by atomic mass is 9.90. The Morgan fingerprint density at radius 1 is 0.762 bits per heavy atom. The Morgan fingerprint density at radius 2 is 1.40 bits per heavy atom. The first-order valence-corrected chi connectivity index (χ1v) is 15.0. The van der Waals surface area contributed by atoms with E-state index in [4.69, 9.17) is 13.8 Å². The predicted molar refractivity (Wildman–Crippen MR) is 155 cm³/mol. The van der Waals surface area contributed by atoms with E-state index in [9.17, 15) is 18.0 Å². The van der Waals surface area contributed by atoms with E-state index in [1.165, 1.54) is 23.3 Å². The molecular weight excluding hydrogens is 556 g/mol. The van der Waals surface area contributed by atoms with Gasteiger partial charge in [0.25, 0.3) is 5.91 Å². The van der Waals surface area contributed by atoms with Gasteiger partial charge in [0.15, 0.2) is 6.10 Å². The van der Waals surface area contributed by atoms with Crippen molar-refractivity contribution in [1.82, 2.24) is 0 Å². The van der Waals surface area contributed by atoms with Gasteiger partial charge >= 0.3 is 10.1 Å². The number of benzene rings is 4. The zero-order valence-electron chi connectivity index (χ0n) is 22.7. The Morgan fingerprint density at radius 3 is 2.10 bits per heavy atom. The molecule has 6 rings (SSSR count). The van der Waals surface area contributed by atoms with Gasteiger partial charge in [0.05, 0.1) is 24.0 Å². The normalized spacial score (nSPS) is 20.1. The lowest BCUT2D eigenvalue weighted by molar-refractivity contribution is -0.126. The number of amides is 2. The SMILES string of the molecule is CCCOc1ccc(N2C(=O)[C@H]3[C@H](ON(c4ccccc4)[C@H]3c3ccccc3OS(=O)(=O)c3ccccc3)C2=O)cc1. The third kappa shape index (κ3) is 4.99. The summed E-state index contributed by atoms with van der Waals surface area (Å²) in [6.07, 6.45) is -0.277. The Bertz CT molecular complexity index is 1700. The molecule has 4 aromatic rings. The molecular formula is C32H28N2O7S. The number of hydrogen-bond donors (Lipinski definition) is 0. The van der Waals surface area contributed by atoms with Crippen molar-refractivity contribution in [3.05, 3.63) is 115 Å². The van der Waals surface area contributed by atoms with Gasteiger partial charge in [-0.05, 0) is 61.0 Å². The van der Waals surface area contributed by atoms with E-state index in [0.29, 0.717) is 29.3 Å². The Hall–Kier alpha value is -4.67. The molecule has 2 heterocycles. The van der Waals surface area contributed by atoms with Gasteiger partial charge in [0.1, 0.15) is 22.3 Å². The second-order valence-corrected chi connectivity index (χ2v) is 11.4. The number of ether oxygens (including phenoxy) is 1. The molecule has 2 aliphatic rings. The minimum absolute atomic E-state index is 0.00933. The fourth-order valence-corrected chi connectivity index (χ4v) is 6.22. The number of nitrogens with zero attached hydrogens (tertiary/aromatic N) is 2. The van der Waals surface area contributed by atoms with Crippen molar-refractivity contribution < 1.29 is 31.8 Å². The van der Waals surface area contributed by atoms with Crippen LogP contribution in [0.3, 0.4) is 0 Å². The van der Waals surface area contributed by atoms with Crippen molar-refractivity contribution in [2.75, 3.05) is 16.6 Å². The molecule has 0 N–H and O–H groups in total. The highest BCUT2D eigenvalue weighted by Gasteiger charge is 2.60. The van der Waals surface area contributed by atoms with Gasteiger partial charge in [0.2, 0.25) is 5.91 Å². The van der Waals surface area contributed by atoms with E-state index in [2.05, 4.69) is 0 Å². The summed E-state index contributed by atoms with van der Waals surface area (Å²) in [5.41, 5.74) is 1.38. The molecule has 214 valence electrons. The molecule has 0 saturated carbocycles. The van der Waals surface area contributed by atoms with Gasteiger partial charge in [0, 0.05) is 5.56 Å². The quantitative estimate of drug-likeness (QED) is 0.193. The molecule has 0 radical (unpaired) electrons. The third-order valence-electron chi connectivity index (χ3n) is 7.16. The largest absolute Gasteiger partial charge is 0.494 e. The van der Waals surface area contributed by atoms with E-state index in [-0.39, 0.29) is 10.6 Å². The lowest BCUT2D eigenvalue weighted by Crippen LogP contribution is -2.37. The van der Waals surface area contributed by atoms with Gasteiger partial charge in [-0.15, -0.1) is 0 Å². The maximum absolute atomic E-state index is 14.0. The molecule has 0 spiro atoms. The molecule has 4 aromatic carbocycles. The van der Waals surface area contributed by atoms with Crippen LogP contribution in [0.2, 0.25) is 0 Å². The second-order valence-electron chi connectivity index (χ2n) is 9.90. The third-order valence-corrected chi connectivity index (χ3v) is 8.41. The number of para-hydroxylation sites is 2. The van der Waals surface area contributed by atoms with Crippen LogP contribution >= 0.6 is 0 Å². The van der Waals surface area contributed by atoms with Gasteiger partial charge in [-0.25, -0.2) is 9.96 Å². The molecule has 0 bridgehead atoms. The molecule has 0 aromatic heterocycles. The number of fused-ring (bicyclic) bond motifs is 1. The summed E-state index contributed by atoms with van der Waals surface area (Å²) >= 11 is 0. The maximum Gasteiger partial charge on any atom is 0.339 e. The number of hydrogen-bond acceptors (Lipinski definition) is 8. The van der Waals surface area contributed by atoms with E-state index >= 15 is 0 Å². The number of carbonyl (C=O) groups is 2. The monoisotopic (exact) mass is 584 g/mol. The van der Waals surface area contributed by atoms with E-state index < -0.39 is 40.0 Å².